The Bertz CT molecular complexity index is 411. The molecule has 8 heteroatoms. The predicted molar refractivity (Wildman–Crippen MR) is 77.1 cm³/mol. The summed E-state index contributed by atoms with van der Waals surface area (Å²) in [4.78, 5) is 38.1. The second kappa shape index (κ2) is 7.65. The van der Waals surface area contributed by atoms with Crippen molar-refractivity contribution in [2.24, 2.45) is 0 Å². The maximum absolute atomic E-state index is 12.0. The molecule has 0 saturated carbocycles. The third-order valence-corrected chi connectivity index (χ3v) is 4.58. The minimum atomic E-state index is -0.949. The first-order valence-corrected chi connectivity index (χ1v) is 8.20. The van der Waals surface area contributed by atoms with Gasteiger partial charge in [0.15, 0.2) is 0 Å². The minimum Gasteiger partial charge on any atom is -0.480 e. The zero-order valence-corrected chi connectivity index (χ0v) is 12.6. The van der Waals surface area contributed by atoms with Gasteiger partial charge >= 0.3 is 5.97 Å². The monoisotopic (exact) mass is 316 g/mol. The molecular formula is C13H20N2O5S. The summed E-state index contributed by atoms with van der Waals surface area (Å²) in [7, 11) is 0. The first-order valence-electron chi connectivity index (χ1n) is 7.05. The number of hydrogen-bond donors (Lipinski definition) is 1. The molecule has 21 heavy (non-hydrogen) atoms. The van der Waals surface area contributed by atoms with E-state index in [0.717, 1.165) is 6.42 Å². The number of rotatable bonds is 5. The predicted octanol–water partition coefficient (Wildman–Crippen LogP) is -0.346. The molecule has 0 bridgehead atoms. The standard InChI is InChI=1S/C13H20N2O5S/c16-11(14-4-6-20-7-5-14)8-21-9-12(17)15-3-1-2-10(15)13(18)19/h10H,1-9H2,(H,18,19). The maximum atomic E-state index is 12.0. The Morgan fingerprint density at radius 2 is 1.76 bits per heavy atom. The molecule has 0 aromatic heterocycles. The normalized spacial score (nSPS) is 22.4. The van der Waals surface area contributed by atoms with E-state index in [0.29, 0.717) is 39.3 Å². The Kier molecular flexibility index (Phi) is 5.86. The Labute approximate surface area is 127 Å². The van der Waals surface area contributed by atoms with Crippen molar-refractivity contribution in [3.8, 4) is 0 Å². The summed E-state index contributed by atoms with van der Waals surface area (Å²) in [5.74, 6) is -0.737. The lowest BCUT2D eigenvalue weighted by Gasteiger charge is -2.27. The zero-order chi connectivity index (χ0) is 15.2. The summed E-state index contributed by atoms with van der Waals surface area (Å²) in [6.45, 7) is 2.81. The van der Waals surface area contributed by atoms with Gasteiger partial charge in [-0.15, -0.1) is 11.8 Å². The van der Waals surface area contributed by atoms with Crippen molar-refractivity contribution in [3.63, 3.8) is 0 Å². The average molecular weight is 316 g/mol. The lowest BCUT2D eigenvalue weighted by atomic mass is 10.2. The summed E-state index contributed by atoms with van der Waals surface area (Å²) < 4.78 is 5.18. The molecule has 1 N–H and O–H groups in total. The summed E-state index contributed by atoms with van der Waals surface area (Å²) in [6.07, 6.45) is 1.23. The van der Waals surface area contributed by atoms with Gasteiger partial charge in [0.1, 0.15) is 6.04 Å². The van der Waals surface area contributed by atoms with Crippen LogP contribution in [0.4, 0.5) is 0 Å². The van der Waals surface area contributed by atoms with Gasteiger partial charge in [-0.3, -0.25) is 9.59 Å². The van der Waals surface area contributed by atoms with E-state index in [1.807, 2.05) is 0 Å². The highest BCUT2D eigenvalue weighted by Crippen LogP contribution is 2.19. The molecule has 0 radical (unpaired) electrons. The molecule has 2 rings (SSSR count). The second-order valence-corrected chi connectivity index (χ2v) is 6.05. The molecule has 118 valence electrons. The SMILES string of the molecule is O=C(O)C1CCCN1C(=O)CSCC(=O)N1CCOCC1. The van der Waals surface area contributed by atoms with Crippen LogP contribution in [0.3, 0.4) is 0 Å². The van der Waals surface area contributed by atoms with Crippen LogP contribution in [0.2, 0.25) is 0 Å². The number of carbonyl (C=O) groups excluding carboxylic acids is 2. The fourth-order valence-corrected chi connectivity index (χ4v) is 3.33. The molecule has 0 aromatic rings. The van der Waals surface area contributed by atoms with Crippen LogP contribution in [0.1, 0.15) is 12.8 Å². The van der Waals surface area contributed by atoms with E-state index in [2.05, 4.69) is 0 Å². The van der Waals surface area contributed by atoms with Crippen molar-refractivity contribution in [1.29, 1.82) is 0 Å². The molecule has 1 unspecified atom stereocenters. The van der Waals surface area contributed by atoms with Crippen molar-refractivity contribution < 1.29 is 24.2 Å². The third-order valence-electron chi connectivity index (χ3n) is 3.67. The maximum Gasteiger partial charge on any atom is 0.326 e. The molecule has 0 aliphatic carbocycles. The van der Waals surface area contributed by atoms with Gasteiger partial charge in [0.05, 0.1) is 24.7 Å². The smallest absolute Gasteiger partial charge is 0.326 e. The van der Waals surface area contributed by atoms with Crippen LogP contribution in [-0.2, 0) is 19.1 Å². The van der Waals surface area contributed by atoms with E-state index in [1.54, 1.807) is 4.90 Å². The Hall–Kier alpha value is -1.28. The molecule has 2 heterocycles. The second-order valence-electron chi connectivity index (χ2n) is 5.07. The summed E-state index contributed by atoms with van der Waals surface area (Å²) >= 11 is 1.25. The van der Waals surface area contributed by atoms with Crippen LogP contribution in [0, 0.1) is 0 Å². The van der Waals surface area contributed by atoms with Gasteiger partial charge in [-0.1, -0.05) is 0 Å². The van der Waals surface area contributed by atoms with Gasteiger partial charge in [0.25, 0.3) is 0 Å². The number of morpholine rings is 1. The molecule has 2 fully saturated rings. The van der Waals surface area contributed by atoms with E-state index in [1.165, 1.54) is 16.7 Å². The van der Waals surface area contributed by atoms with Gasteiger partial charge in [-0.25, -0.2) is 4.79 Å². The molecule has 7 nitrogen and oxygen atoms in total. The number of amides is 2. The van der Waals surface area contributed by atoms with Gasteiger partial charge in [-0.05, 0) is 12.8 Å². The number of aliphatic carboxylic acids is 1. The number of hydrogen-bond acceptors (Lipinski definition) is 5. The van der Waals surface area contributed by atoms with Gasteiger partial charge < -0.3 is 19.6 Å². The highest BCUT2D eigenvalue weighted by Gasteiger charge is 2.33. The number of nitrogens with zero attached hydrogens (tertiary/aromatic N) is 2. The number of ether oxygens (including phenoxy) is 1. The van der Waals surface area contributed by atoms with E-state index >= 15 is 0 Å². The van der Waals surface area contributed by atoms with E-state index in [-0.39, 0.29) is 23.3 Å². The molecule has 2 saturated heterocycles. The van der Waals surface area contributed by atoms with E-state index in [4.69, 9.17) is 9.84 Å². The topological polar surface area (TPSA) is 87.2 Å². The average Bonchev–Trinajstić information content (AvgIpc) is 2.97. The van der Waals surface area contributed by atoms with Crippen LogP contribution in [0.25, 0.3) is 0 Å². The highest BCUT2D eigenvalue weighted by atomic mass is 32.2. The van der Waals surface area contributed by atoms with Gasteiger partial charge in [0.2, 0.25) is 11.8 Å². The number of likely N-dealkylation sites (tertiary alicyclic amines) is 1. The molecule has 1 atom stereocenters. The first kappa shape index (κ1) is 16.1. The molecule has 2 aliphatic heterocycles. The van der Waals surface area contributed by atoms with Crippen LogP contribution >= 0.6 is 11.8 Å². The van der Waals surface area contributed by atoms with E-state index < -0.39 is 12.0 Å². The number of carbonyl (C=O) groups is 3. The van der Waals surface area contributed by atoms with Crippen LogP contribution in [0.5, 0.6) is 0 Å². The van der Waals surface area contributed by atoms with Crippen molar-refractivity contribution in [1.82, 2.24) is 9.80 Å². The van der Waals surface area contributed by atoms with E-state index in [9.17, 15) is 14.4 Å². The number of carboxylic acids is 1. The van der Waals surface area contributed by atoms with Crippen molar-refractivity contribution in [2.45, 2.75) is 18.9 Å². The summed E-state index contributed by atoms with van der Waals surface area (Å²) in [5, 5.41) is 9.04. The third kappa shape index (κ3) is 4.34. The van der Waals surface area contributed by atoms with Crippen LogP contribution in [-0.4, -0.2) is 83.1 Å². The highest BCUT2D eigenvalue weighted by molar-refractivity contribution is 8.00. The molecule has 0 aromatic carbocycles. The summed E-state index contributed by atoms with van der Waals surface area (Å²) in [5.41, 5.74) is 0. The first-order chi connectivity index (χ1) is 10.1. The Morgan fingerprint density at radius 1 is 1.10 bits per heavy atom. The van der Waals surface area contributed by atoms with Crippen LogP contribution in [0.15, 0.2) is 0 Å². The minimum absolute atomic E-state index is 0.00677. The molecular weight excluding hydrogens is 296 g/mol. The van der Waals surface area contributed by atoms with Crippen molar-refractivity contribution in [3.05, 3.63) is 0 Å². The summed E-state index contributed by atoms with van der Waals surface area (Å²) in [6, 6.07) is -0.701. The molecule has 2 amide bonds. The fourth-order valence-electron chi connectivity index (χ4n) is 2.53. The molecule has 2 aliphatic rings. The zero-order valence-electron chi connectivity index (χ0n) is 11.8. The number of carboxylic acid groups (broad SMARTS) is 1. The van der Waals surface area contributed by atoms with Gasteiger partial charge in [-0.2, -0.15) is 0 Å². The lowest BCUT2D eigenvalue weighted by Crippen LogP contribution is -2.43. The lowest BCUT2D eigenvalue weighted by molar-refractivity contribution is -0.147. The van der Waals surface area contributed by atoms with Gasteiger partial charge in [0, 0.05) is 19.6 Å². The Balaban J connectivity index is 1.71. The van der Waals surface area contributed by atoms with Crippen molar-refractivity contribution in [2.75, 3.05) is 44.4 Å². The largest absolute Gasteiger partial charge is 0.480 e. The molecule has 0 spiro atoms. The Morgan fingerprint density at radius 3 is 2.43 bits per heavy atom. The quantitative estimate of drug-likeness (QED) is 0.746. The fraction of sp³-hybridized carbons (Fsp3) is 0.769. The van der Waals surface area contributed by atoms with Crippen molar-refractivity contribution >= 4 is 29.5 Å². The number of thioether (sulfide) groups is 1. The van der Waals surface area contributed by atoms with Crippen LogP contribution < -0.4 is 0 Å².